The van der Waals surface area contributed by atoms with Crippen LogP contribution in [0, 0.1) is 6.92 Å². The van der Waals surface area contributed by atoms with E-state index in [-0.39, 0.29) is 5.38 Å². The molecule has 2 heterocycles. The Kier molecular flexibility index (Phi) is 2.98. The number of anilines is 1. The van der Waals surface area contributed by atoms with Crippen molar-refractivity contribution >= 4 is 33.3 Å². The van der Waals surface area contributed by atoms with Crippen LogP contribution in [0.25, 0.3) is 0 Å². The van der Waals surface area contributed by atoms with Crippen molar-refractivity contribution in [3.05, 3.63) is 22.3 Å². The number of alkyl halides is 1. The molecule has 0 bridgehead atoms. The van der Waals surface area contributed by atoms with E-state index in [1.807, 2.05) is 19.1 Å². The summed E-state index contributed by atoms with van der Waals surface area (Å²) < 4.78 is 1.06. The van der Waals surface area contributed by atoms with Crippen LogP contribution in [0.5, 0.6) is 0 Å². The number of hydrogen-bond donors (Lipinski definition) is 0. The van der Waals surface area contributed by atoms with Gasteiger partial charge in [0.1, 0.15) is 5.82 Å². The molecule has 1 aromatic heterocycles. The highest BCUT2D eigenvalue weighted by Crippen LogP contribution is 2.23. The molecule has 0 radical (unpaired) electrons. The molecule has 0 spiro atoms. The van der Waals surface area contributed by atoms with Gasteiger partial charge in [0.05, 0.1) is 11.1 Å². The molecule has 1 atom stereocenters. The van der Waals surface area contributed by atoms with Crippen LogP contribution in [0.3, 0.4) is 0 Å². The van der Waals surface area contributed by atoms with Crippen LogP contribution in [0.1, 0.15) is 12.1 Å². The van der Waals surface area contributed by atoms with Gasteiger partial charge in [0.2, 0.25) is 0 Å². The van der Waals surface area contributed by atoms with Gasteiger partial charge in [-0.2, -0.15) is 0 Å². The van der Waals surface area contributed by atoms with E-state index >= 15 is 0 Å². The average Bonchev–Trinajstić information content (AvgIpc) is 2.57. The number of hydrogen-bond acceptors (Lipinski definition) is 2. The van der Waals surface area contributed by atoms with Crippen molar-refractivity contribution in [2.75, 3.05) is 18.0 Å². The van der Waals surface area contributed by atoms with Crippen LogP contribution in [0.4, 0.5) is 5.82 Å². The second kappa shape index (κ2) is 4.07. The molecule has 0 saturated carbocycles. The Morgan fingerprint density at radius 1 is 1.57 bits per heavy atom. The summed E-state index contributed by atoms with van der Waals surface area (Å²) in [5, 5.41) is 0.278. The summed E-state index contributed by atoms with van der Waals surface area (Å²) in [6.07, 6.45) is 1.05. The minimum Gasteiger partial charge on any atom is -0.355 e. The van der Waals surface area contributed by atoms with Gasteiger partial charge >= 0.3 is 0 Å². The van der Waals surface area contributed by atoms with E-state index in [2.05, 4.69) is 25.8 Å². The Morgan fingerprint density at radius 2 is 2.36 bits per heavy atom. The van der Waals surface area contributed by atoms with Gasteiger partial charge in [-0.05, 0) is 41.4 Å². The molecular formula is C10H12BrClN2. The molecule has 0 N–H and O–H groups in total. The molecule has 1 saturated heterocycles. The average molecular weight is 276 g/mol. The van der Waals surface area contributed by atoms with Gasteiger partial charge in [0, 0.05) is 17.6 Å². The third-order valence-corrected chi connectivity index (χ3v) is 3.66. The second-order valence-corrected chi connectivity index (χ2v) is 5.04. The Bertz CT molecular complexity index is 343. The smallest absolute Gasteiger partial charge is 0.128 e. The summed E-state index contributed by atoms with van der Waals surface area (Å²) in [6.45, 7) is 3.93. The Labute approximate surface area is 97.4 Å². The molecule has 0 amide bonds. The SMILES string of the molecule is Cc1nc(N2CCC(Cl)C2)ccc1Br. The van der Waals surface area contributed by atoms with Crippen molar-refractivity contribution in [3.8, 4) is 0 Å². The Hall–Kier alpha value is -0.280. The molecule has 1 unspecified atom stereocenters. The van der Waals surface area contributed by atoms with Crippen LogP contribution < -0.4 is 4.90 Å². The maximum absolute atomic E-state index is 6.05. The molecule has 0 aliphatic carbocycles. The molecule has 1 aromatic rings. The van der Waals surface area contributed by atoms with Crippen molar-refractivity contribution in [2.45, 2.75) is 18.7 Å². The van der Waals surface area contributed by atoms with Crippen molar-refractivity contribution in [1.29, 1.82) is 0 Å². The highest BCUT2D eigenvalue weighted by molar-refractivity contribution is 9.10. The highest BCUT2D eigenvalue weighted by atomic mass is 79.9. The Balaban J connectivity index is 2.20. The molecule has 76 valence electrons. The molecule has 1 aliphatic rings. The van der Waals surface area contributed by atoms with Gasteiger partial charge in [-0.3, -0.25) is 0 Å². The third kappa shape index (κ3) is 2.04. The number of halogens is 2. The molecule has 14 heavy (non-hydrogen) atoms. The fourth-order valence-corrected chi connectivity index (χ4v) is 2.12. The summed E-state index contributed by atoms with van der Waals surface area (Å²) in [6, 6.07) is 4.07. The lowest BCUT2D eigenvalue weighted by atomic mass is 10.3. The lowest BCUT2D eigenvalue weighted by Gasteiger charge is -2.17. The topological polar surface area (TPSA) is 16.1 Å². The predicted octanol–water partition coefficient (Wildman–Crippen LogP) is 2.97. The number of aromatic nitrogens is 1. The molecule has 1 aliphatic heterocycles. The van der Waals surface area contributed by atoms with Gasteiger partial charge in [-0.1, -0.05) is 0 Å². The fraction of sp³-hybridized carbons (Fsp3) is 0.500. The van der Waals surface area contributed by atoms with Gasteiger partial charge in [0.25, 0.3) is 0 Å². The van der Waals surface area contributed by atoms with Gasteiger partial charge < -0.3 is 4.90 Å². The first-order valence-electron chi connectivity index (χ1n) is 4.69. The van der Waals surface area contributed by atoms with Crippen LogP contribution in [-0.2, 0) is 0 Å². The summed E-state index contributed by atoms with van der Waals surface area (Å²) >= 11 is 9.49. The van der Waals surface area contributed by atoms with E-state index < -0.39 is 0 Å². The molecule has 0 aromatic carbocycles. The zero-order valence-corrected chi connectivity index (χ0v) is 10.3. The second-order valence-electron chi connectivity index (χ2n) is 3.57. The first kappa shape index (κ1) is 10.2. The van der Waals surface area contributed by atoms with E-state index in [0.29, 0.717) is 0 Å². The quantitative estimate of drug-likeness (QED) is 0.733. The van der Waals surface area contributed by atoms with Crippen LogP contribution in [0.15, 0.2) is 16.6 Å². The van der Waals surface area contributed by atoms with E-state index in [1.165, 1.54) is 0 Å². The van der Waals surface area contributed by atoms with Crippen molar-refractivity contribution in [2.24, 2.45) is 0 Å². The summed E-state index contributed by atoms with van der Waals surface area (Å²) in [7, 11) is 0. The van der Waals surface area contributed by atoms with Crippen molar-refractivity contribution < 1.29 is 0 Å². The lowest BCUT2D eigenvalue weighted by molar-refractivity contribution is 0.928. The van der Waals surface area contributed by atoms with Crippen LogP contribution in [0.2, 0.25) is 0 Å². The maximum atomic E-state index is 6.05. The number of pyridine rings is 1. The first-order chi connectivity index (χ1) is 6.66. The molecule has 1 fully saturated rings. The minimum atomic E-state index is 0.278. The summed E-state index contributed by atoms with van der Waals surface area (Å²) in [4.78, 5) is 6.74. The van der Waals surface area contributed by atoms with E-state index in [0.717, 1.165) is 35.5 Å². The number of nitrogens with zero attached hydrogens (tertiary/aromatic N) is 2. The van der Waals surface area contributed by atoms with Crippen LogP contribution >= 0.6 is 27.5 Å². The zero-order chi connectivity index (χ0) is 10.1. The largest absolute Gasteiger partial charge is 0.355 e. The summed E-state index contributed by atoms with van der Waals surface area (Å²) in [5.74, 6) is 1.04. The lowest BCUT2D eigenvalue weighted by Crippen LogP contribution is -2.21. The Morgan fingerprint density at radius 3 is 2.93 bits per heavy atom. The molecule has 2 rings (SSSR count). The van der Waals surface area contributed by atoms with Crippen molar-refractivity contribution in [1.82, 2.24) is 4.98 Å². The zero-order valence-electron chi connectivity index (χ0n) is 8.00. The van der Waals surface area contributed by atoms with Gasteiger partial charge in [0.15, 0.2) is 0 Å². The predicted molar refractivity (Wildman–Crippen MR) is 63.1 cm³/mol. The fourth-order valence-electron chi connectivity index (χ4n) is 1.63. The van der Waals surface area contributed by atoms with E-state index in [1.54, 1.807) is 0 Å². The molecular weight excluding hydrogens is 263 g/mol. The van der Waals surface area contributed by atoms with E-state index in [9.17, 15) is 0 Å². The third-order valence-electron chi connectivity index (χ3n) is 2.46. The highest BCUT2D eigenvalue weighted by Gasteiger charge is 2.21. The van der Waals surface area contributed by atoms with Crippen LogP contribution in [-0.4, -0.2) is 23.5 Å². The molecule has 2 nitrogen and oxygen atoms in total. The minimum absolute atomic E-state index is 0.278. The van der Waals surface area contributed by atoms with Crippen molar-refractivity contribution in [3.63, 3.8) is 0 Å². The maximum Gasteiger partial charge on any atom is 0.128 e. The van der Waals surface area contributed by atoms with E-state index in [4.69, 9.17) is 11.6 Å². The summed E-state index contributed by atoms with van der Waals surface area (Å²) in [5.41, 5.74) is 1.03. The van der Waals surface area contributed by atoms with Gasteiger partial charge in [-0.25, -0.2) is 4.98 Å². The molecule has 4 heteroatoms. The standard InChI is InChI=1S/C10H12BrClN2/c1-7-9(11)2-3-10(13-7)14-5-4-8(12)6-14/h2-3,8H,4-6H2,1H3. The van der Waals surface area contributed by atoms with Gasteiger partial charge in [-0.15, -0.1) is 11.6 Å². The first-order valence-corrected chi connectivity index (χ1v) is 5.92. The number of aryl methyl sites for hydroxylation is 1. The number of rotatable bonds is 1. The monoisotopic (exact) mass is 274 g/mol. The normalized spacial score (nSPS) is 21.6.